The molecule has 0 aliphatic rings. The Morgan fingerprint density at radius 3 is 3.00 bits per heavy atom. The number of aromatic hydroxyl groups is 1. The first-order chi connectivity index (χ1) is 6.20. The van der Waals surface area contributed by atoms with Gasteiger partial charge < -0.3 is 10.8 Å². The molecule has 2 rings (SSSR count). The molecule has 0 aromatic carbocycles. The second-order valence-electron chi connectivity index (χ2n) is 2.49. The maximum atomic E-state index is 11.3. The Hall–Kier alpha value is -2.11. The molecule has 0 unspecified atom stereocenters. The molecule has 66 valence electrons. The Balaban J connectivity index is 3.03. The Labute approximate surface area is 72.3 Å². The number of nitrogens with two attached hydrogens (primary N) is 1. The van der Waals surface area contributed by atoms with Crippen LogP contribution in [-0.4, -0.2) is 19.5 Å². The van der Waals surface area contributed by atoms with E-state index in [9.17, 15) is 9.90 Å². The molecule has 0 saturated heterocycles. The second-order valence-corrected chi connectivity index (χ2v) is 2.49. The predicted octanol–water partition coefficient (Wildman–Crippen LogP) is -0.623. The Bertz CT molecular complexity index is 519. The molecule has 6 nitrogen and oxygen atoms in total. The van der Waals surface area contributed by atoms with E-state index in [0.717, 1.165) is 4.40 Å². The van der Waals surface area contributed by atoms with Gasteiger partial charge in [-0.05, 0) is 0 Å². The van der Waals surface area contributed by atoms with Gasteiger partial charge in [0.25, 0.3) is 5.56 Å². The quantitative estimate of drug-likeness (QED) is 0.560. The van der Waals surface area contributed by atoms with Gasteiger partial charge in [0.1, 0.15) is 12.0 Å². The van der Waals surface area contributed by atoms with Crippen LogP contribution in [0.5, 0.6) is 5.75 Å². The molecule has 0 spiro atoms. The standard InChI is InChI=1S/C7H6N4O2/c8-4-1-10-6-5(12)2-9-3-11(6)7(4)13/h1-3,12H,8H2. The third-order valence-electron chi connectivity index (χ3n) is 1.63. The summed E-state index contributed by atoms with van der Waals surface area (Å²) in [5.74, 6) is -0.153. The van der Waals surface area contributed by atoms with E-state index in [4.69, 9.17) is 5.73 Å². The fraction of sp³-hybridized carbons (Fsp3) is 0. The molecule has 0 aliphatic carbocycles. The lowest BCUT2D eigenvalue weighted by Crippen LogP contribution is -2.18. The molecule has 0 atom stereocenters. The first-order valence-electron chi connectivity index (χ1n) is 3.50. The zero-order valence-corrected chi connectivity index (χ0v) is 6.51. The number of anilines is 1. The molecular weight excluding hydrogens is 172 g/mol. The SMILES string of the molecule is Nc1cnc2c(O)cncn2c1=O. The number of fused-ring (bicyclic) bond motifs is 1. The molecule has 3 N–H and O–H groups in total. The minimum absolute atomic E-state index is 0.0184. The van der Waals surface area contributed by atoms with Gasteiger partial charge in [-0.3, -0.25) is 4.79 Å². The fourth-order valence-corrected chi connectivity index (χ4v) is 1.01. The third-order valence-corrected chi connectivity index (χ3v) is 1.63. The highest BCUT2D eigenvalue weighted by Crippen LogP contribution is 2.11. The normalized spacial score (nSPS) is 10.5. The van der Waals surface area contributed by atoms with Crippen molar-refractivity contribution in [3.05, 3.63) is 29.1 Å². The highest BCUT2D eigenvalue weighted by molar-refractivity contribution is 5.52. The van der Waals surface area contributed by atoms with Crippen molar-refractivity contribution in [1.29, 1.82) is 0 Å². The molecule has 6 heteroatoms. The number of nitrogen functional groups attached to an aromatic ring is 1. The number of nitrogens with zero attached hydrogens (tertiary/aromatic N) is 3. The van der Waals surface area contributed by atoms with E-state index in [2.05, 4.69) is 9.97 Å². The predicted molar refractivity (Wildman–Crippen MR) is 45.3 cm³/mol. The van der Waals surface area contributed by atoms with Crippen molar-refractivity contribution in [2.24, 2.45) is 0 Å². The van der Waals surface area contributed by atoms with Crippen molar-refractivity contribution in [1.82, 2.24) is 14.4 Å². The lowest BCUT2D eigenvalue weighted by atomic mass is 10.5. The molecule has 2 aromatic heterocycles. The number of hydrogen-bond donors (Lipinski definition) is 2. The van der Waals surface area contributed by atoms with Crippen LogP contribution in [0, 0.1) is 0 Å². The largest absolute Gasteiger partial charge is 0.503 e. The lowest BCUT2D eigenvalue weighted by molar-refractivity contribution is 0.473. The molecule has 2 aromatic rings. The van der Waals surface area contributed by atoms with E-state index in [1.807, 2.05) is 0 Å². The lowest BCUT2D eigenvalue weighted by Gasteiger charge is -2.00. The number of rotatable bonds is 0. The minimum atomic E-state index is -0.437. The highest BCUT2D eigenvalue weighted by atomic mass is 16.3. The van der Waals surface area contributed by atoms with Crippen LogP contribution in [0.25, 0.3) is 5.65 Å². The summed E-state index contributed by atoms with van der Waals surface area (Å²) in [5.41, 5.74) is 5.06. The van der Waals surface area contributed by atoms with Crippen LogP contribution in [0.1, 0.15) is 0 Å². The van der Waals surface area contributed by atoms with Gasteiger partial charge in [0.15, 0.2) is 11.4 Å². The Morgan fingerprint density at radius 1 is 1.46 bits per heavy atom. The van der Waals surface area contributed by atoms with Crippen LogP contribution in [0.2, 0.25) is 0 Å². The van der Waals surface area contributed by atoms with E-state index in [-0.39, 0.29) is 17.1 Å². The average Bonchev–Trinajstić information content (AvgIpc) is 2.12. The molecule has 0 radical (unpaired) electrons. The van der Waals surface area contributed by atoms with Gasteiger partial charge in [0.05, 0.1) is 12.4 Å². The van der Waals surface area contributed by atoms with Gasteiger partial charge >= 0.3 is 0 Å². The van der Waals surface area contributed by atoms with E-state index >= 15 is 0 Å². The molecule has 0 saturated carbocycles. The van der Waals surface area contributed by atoms with Crippen molar-refractivity contribution >= 4 is 11.3 Å². The van der Waals surface area contributed by atoms with E-state index in [1.165, 1.54) is 18.7 Å². The zero-order chi connectivity index (χ0) is 9.42. The zero-order valence-electron chi connectivity index (χ0n) is 6.51. The highest BCUT2D eigenvalue weighted by Gasteiger charge is 2.04. The van der Waals surface area contributed by atoms with Crippen LogP contribution in [0.15, 0.2) is 23.5 Å². The third kappa shape index (κ3) is 0.994. The minimum Gasteiger partial charge on any atom is -0.503 e. The smallest absolute Gasteiger partial charge is 0.282 e. The van der Waals surface area contributed by atoms with Crippen molar-refractivity contribution in [2.45, 2.75) is 0 Å². The van der Waals surface area contributed by atoms with Crippen LogP contribution < -0.4 is 11.3 Å². The summed E-state index contributed by atoms with van der Waals surface area (Å²) in [7, 11) is 0. The molecule has 0 fully saturated rings. The van der Waals surface area contributed by atoms with Crippen LogP contribution >= 0.6 is 0 Å². The summed E-state index contributed by atoms with van der Waals surface area (Å²) in [5, 5.41) is 9.26. The van der Waals surface area contributed by atoms with Gasteiger partial charge in [-0.1, -0.05) is 0 Å². The summed E-state index contributed by atoms with van der Waals surface area (Å²) in [6.45, 7) is 0. The van der Waals surface area contributed by atoms with Crippen LogP contribution in [0.3, 0.4) is 0 Å². The van der Waals surface area contributed by atoms with Crippen LogP contribution in [0.4, 0.5) is 5.69 Å². The van der Waals surface area contributed by atoms with Crippen molar-refractivity contribution in [3.63, 3.8) is 0 Å². The molecular formula is C7H6N4O2. The molecule has 0 amide bonds. The summed E-state index contributed by atoms with van der Waals surface area (Å²) in [6.07, 6.45) is 3.66. The van der Waals surface area contributed by atoms with Crippen molar-refractivity contribution < 1.29 is 5.11 Å². The van der Waals surface area contributed by atoms with E-state index in [1.54, 1.807) is 0 Å². The van der Waals surface area contributed by atoms with Crippen LogP contribution in [-0.2, 0) is 0 Å². The molecule has 0 bridgehead atoms. The number of hydrogen-bond acceptors (Lipinski definition) is 5. The van der Waals surface area contributed by atoms with Gasteiger partial charge in [-0.25, -0.2) is 14.4 Å². The summed E-state index contributed by atoms with van der Waals surface area (Å²) < 4.78 is 1.09. The fourth-order valence-electron chi connectivity index (χ4n) is 1.01. The second kappa shape index (κ2) is 2.44. The van der Waals surface area contributed by atoms with Gasteiger partial charge in [0, 0.05) is 0 Å². The van der Waals surface area contributed by atoms with E-state index in [0.29, 0.717) is 0 Å². The van der Waals surface area contributed by atoms with Gasteiger partial charge in [0.2, 0.25) is 0 Å². The summed E-state index contributed by atoms with van der Waals surface area (Å²) in [4.78, 5) is 18.7. The topological polar surface area (TPSA) is 93.5 Å². The van der Waals surface area contributed by atoms with Gasteiger partial charge in [-0.2, -0.15) is 0 Å². The summed E-state index contributed by atoms with van der Waals surface area (Å²) in [6, 6.07) is 0. The van der Waals surface area contributed by atoms with Crippen molar-refractivity contribution in [2.75, 3.05) is 5.73 Å². The first kappa shape index (κ1) is 7.53. The maximum absolute atomic E-state index is 11.3. The average molecular weight is 178 g/mol. The van der Waals surface area contributed by atoms with Crippen molar-refractivity contribution in [3.8, 4) is 5.75 Å². The number of aromatic nitrogens is 3. The molecule has 13 heavy (non-hydrogen) atoms. The molecule has 0 aliphatic heterocycles. The van der Waals surface area contributed by atoms with E-state index < -0.39 is 5.56 Å². The summed E-state index contributed by atoms with van der Waals surface area (Å²) >= 11 is 0. The molecule has 2 heterocycles. The Kier molecular flexibility index (Phi) is 1.42. The Morgan fingerprint density at radius 2 is 2.23 bits per heavy atom. The maximum Gasteiger partial charge on any atom is 0.282 e. The monoisotopic (exact) mass is 178 g/mol. The van der Waals surface area contributed by atoms with Gasteiger partial charge in [-0.15, -0.1) is 0 Å². The first-order valence-corrected chi connectivity index (χ1v) is 3.50.